The number of hydrogen-bond acceptors (Lipinski definition) is 6. The average molecular weight is 685 g/mol. The van der Waals surface area contributed by atoms with Gasteiger partial charge in [0.1, 0.15) is 0 Å². The SMILES string of the molecule is Cc1cccc(-c2ccc3nc4sc5ccccc5n4c(=O)c3c2)c1.Cc1ccccc1-c1ccc2nc3sc4ccccc4n3c(=O)c2c1. The Morgan fingerprint density at radius 3 is 1.62 bits per heavy atom. The summed E-state index contributed by atoms with van der Waals surface area (Å²) in [7, 11) is 0. The van der Waals surface area contributed by atoms with Crippen LogP contribution in [-0.4, -0.2) is 18.8 Å². The number of thiazole rings is 2. The summed E-state index contributed by atoms with van der Waals surface area (Å²) in [6, 6.07) is 44.3. The molecule has 10 rings (SSSR count). The van der Waals surface area contributed by atoms with Gasteiger partial charge in [0.2, 0.25) is 0 Å². The number of para-hydroxylation sites is 2. The number of aryl methyl sites for hydroxylation is 2. The van der Waals surface area contributed by atoms with Crippen LogP contribution in [0.25, 0.3) is 74.4 Å². The number of nitrogens with zero attached hydrogens (tertiary/aromatic N) is 4. The van der Waals surface area contributed by atoms with Gasteiger partial charge in [-0.05, 0) is 90.2 Å². The van der Waals surface area contributed by atoms with Crippen LogP contribution in [0.5, 0.6) is 0 Å². The molecule has 0 aliphatic rings. The smallest absolute Gasteiger partial charge is 0.266 e. The van der Waals surface area contributed by atoms with Crippen molar-refractivity contribution >= 4 is 74.8 Å². The Bertz CT molecular complexity index is 3080. The molecule has 4 heterocycles. The Kier molecular flexibility index (Phi) is 7.15. The summed E-state index contributed by atoms with van der Waals surface area (Å²) < 4.78 is 5.59. The van der Waals surface area contributed by atoms with Gasteiger partial charge < -0.3 is 0 Å². The van der Waals surface area contributed by atoms with E-state index in [1.54, 1.807) is 31.5 Å². The fourth-order valence-corrected chi connectivity index (χ4v) is 8.66. The molecule has 0 saturated heterocycles. The second kappa shape index (κ2) is 11.9. The van der Waals surface area contributed by atoms with E-state index in [0.29, 0.717) is 10.8 Å². The van der Waals surface area contributed by atoms with Crippen molar-refractivity contribution in [3.05, 3.63) is 165 Å². The average Bonchev–Trinajstić information content (AvgIpc) is 3.70. The normalized spacial score (nSPS) is 11.6. The lowest BCUT2D eigenvalue weighted by Gasteiger charge is -2.07. The van der Waals surface area contributed by atoms with Gasteiger partial charge in [-0.3, -0.25) is 18.4 Å². The highest BCUT2D eigenvalue weighted by molar-refractivity contribution is 7.23. The zero-order chi connectivity index (χ0) is 33.9. The first-order valence-electron chi connectivity index (χ1n) is 16.2. The number of aromatic nitrogens is 4. The van der Waals surface area contributed by atoms with E-state index in [9.17, 15) is 9.59 Å². The molecule has 6 aromatic carbocycles. The quantitative estimate of drug-likeness (QED) is 0.182. The molecule has 0 amide bonds. The number of fused-ring (bicyclic) bond motifs is 8. The summed E-state index contributed by atoms with van der Waals surface area (Å²) in [5.41, 5.74) is 10.0. The summed E-state index contributed by atoms with van der Waals surface area (Å²) >= 11 is 3.09. The summed E-state index contributed by atoms with van der Waals surface area (Å²) in [6.45, 7) is 4.15. The lowest BCUT2D eigenvalue weighted by Crippen LogP contribution is -2.13. The minimum absolute atomic E-state index is 0.00659. The Balaban J connectivity index is 0.000000135. The van der Waals surface area contributed by atoms with Crippen LogP contribution in [0, 0.1) is 13.8 Å². The van der Waals surface area contributed by atoms with Crippen LogP contribution in [0.3, 0.4) is 0 Å². The Morgan fingerprint density at radius 1 is 0.500 bits per heavy atom. The number of benzene rings is 6. The minimum atomic E-state index is -0.00745. The third-order valence-electron chi connectivity index (χ3n) is 9.10. The molecule has 0 N–H and O–H groups in total. The van der Waals surface area contributed by atoms with Crippen molar-refractivity contribution in [1.82, 2.24) is 18.8 Å². The van der Waals surface area contributed by atoms with E-state index in [1.165, 1.54) is 11.1 Å². The summed E-state index contributed by atoms with van der Waals surface area (Å²) in [5, 5.41) is 1.31. The minimum Gasteiger partial charge on any atom is -0.268 e. The van der Waals surface area contributed by atoms with Crippen LogP contribution < -0.4 is 11.1 Å². The van der Waals surface area contributed by atoms with E-state index in [-0.39, 0.29) is 11.1 Å². The molecule has 6 nitrogen and oxygen atoms in total. The van der Waals surface area contributed by atoms with Gasteiger partial charge >= 0.3 is 0 Å². The third-order valence-corrected chi connectivity index (χ3v) is 11.1. The monoisotopic (exact) mass is 684 g/mol. The first-order chi connectivity index (χ1) is 24.4. The Labute approximate surface area is 293 Å². The first kappa shape index (κ1) is 30.1. The summed E-state index contributed by atoms with van der Waals surface area (Å²) in [5.74, 6) is 0. The predicted molar refractivity (Wildman–Crippen MR) is 209 cm³/mol. The van der Waals surface area contributed by atoms with Gasteiger partial charge in [-0.2, -0.15) is 0 Å². The fourth-order valence-electron chi connectivity index (χ4n) is 6.61. The standard InChI is InChI=1S/2C21H14N2OS/c1-13-5-4-6-14(11-13)15-9-10-17-16(12-15)20(24)23-18-7-2-3-8-19(18)25-21(23)22-17;1-13-6-2-3-7-15(13)14-10-11-17-16(12-14)20(24)23-18-8-4-5-9-19(18)25-21(23)22-17/h2*2-12H,1H3. The molecule has 0 fully saturated rings. The molecular formula is C42H28N4O2S2. The van der Waals surface area contributed by atoms with Crippen molar-refractivity contribution in [3.8, 4) is 22.3 Å². The zero-order valence-corrected chi connectivity index (χ0v) is 28.8. The van der Waals surface area contributed by atoms with Crippen molar-refractivity contribution < 1.29 is 0 Å². The van der Waals surface area contributed by atoms with Gasteiger partial charge in [-0.25, -0.2) is 9.97 Å². The molecule has 240 valence electrons. The molecule has 0 atom stereocenters. The Hall–Kier alpha value is -5.96. The van der Waals surface area contributed by atoms with Gasteiger partial charge in [0.25, 0.3) is 11.1 Å². The van der Waals surface area contributed by atoms with Crippen LogP contribution >= 0.6 is 22.7 Å². The highest BCUT2D eigenvalue weighted by atomic mass is 32.1. The van der Waals surface area contributed by atoms with Crippen molar-refractivity contribution in [2.45, 2.75) is 13.8 Å². The van der Waals surface area contributed by atoms with Gasteiger partial charge in [-0.1, -0.05) is 113 Å². The van der Waals surface area contributed by atoms with Crippen molar-refractivity contribution in [1.29, 1.82) is 0 Å². The molecule has 0 radical (unpaired) electrons. The number of hydrogen-bond donors (Lipinski definition) is 0. The molecule has 0 saturated carbocycles. The topological polar surface area (TPSA) is 68.7 Å². The summed E-state index contributed by atoms with van der Waals surface area (Å²) in [4.78, 5) is 37.2. The van der Waals surface area contributed by atoms with Gasteiger partial charge in [-0.15, -0.1) is 0 Å². The third kappa shape index (κ3) is 5.00. The first-order valence-corrected chi connectivity index (χ1v) is 17.9. The Morgan fingerprint density at radius 2 is 1.02 bits per heavy atom. The second-order valence-electron chi connectivity index (χ2n) is 12.4. The van der Waals surface area contributed by atoms with Gasteiger partial charge in [0.15, 0.2) is 9.92 Å². The maximum absolute atomic E-state index is 13.2. The maximum Gasteiger partial charge on any atom is 0.266 e. The highest BCUT2D eigenvalue weighted by Gasteiger charge is 2.14. The molecule has 0 bridgehead atoms. The van der Waals surface area contributed by atoms with E-state index in [2.05, 4.69) is 44.2 Å². The van der Waals surface area contributed by atoms with E-state index in [1.807, 2.05) is 103 Å². The fraction of sp³-hybridized carbons (Fsp3) is 0.0476. The molecule has 0 unspecified atom stereocenters. The molecular weight excluding hydrogens is 657 g/mol. The van der Waals surface area contributed by atoms with Crippen LogP contribution in [0.2, 0.25) is 0 Å². The second-order valence-corrected chi connectivity index (χ2v) is 14.4. The van der Waals surface area contributed by atoms with E-state index in [4.69, 9.17) is 9.97 Å². The molecule has 0 spiro atoms. The van der Waals surface area contributed by atoms with Crippen LogP contribution in [0.4, 0.5) is 0 Å². The van der Waals surface area contributed by atoms with Crippen molar-refractivity contribution in [2.75, 3.05) is 0 Å². The zero-order valence-electron chi connectivity index (χ0n) is 27.1. The van der Waals surface area contributed by atoms with E-state index < -0.39 is 0 Å². The number of rotatable bonds is 2. The van der Waals surface area contributed by atoms with E-state index in [0.717, 1.165) is 63.6 Å². The molecule has 8 heteroatoms. The van der Waals surface area contributed by atoms with Crippen LogP contribution in [0.15, 0.2) is 143 Å². The van der Waals surface area contributed by atoms with Crippen molar-refractivity contribution in [3.63, 3.8) is 0 Å². The molecule has 0 aliphatic carbocycles. The van der Waals surface area contributed by atoms with E-state index >= 15 is 0 Å². The molecule has 10 aromatic rings. The molecule has 4 aromatic heterocycles. The highest BCUT2D eigenvalue weighted by Crippen LogP contribution is 2.30. The predicted octanol–water partition coefficient (Wildman–Crippen LogP) is 10.1. The van der Waals surface area contributed by atoms with Gasteiger partial charge in [0, 0.05) is 0 Å². The molecule has 50 heavy (non-hydrogen) atoms. The summed E-state index contributed by atoms with van der Waals surface area (Å²) in [6.07, 6.45) is 0. The van der Waals surface area contributed by atoms with Crippen LogP contribution in [-0.2, 0) is 0 Å². The van der Waals surface area contributed by atoms with Crippen LogP contribution in [0.1, 0.15) is 11.1 Å². The maximum atomic E-state index is 13.2. The van der Waals surface area contributed by atoms with Gasteiger partial charge in [0.05, 0.1) is 42.2 Å². The largest absolute Gasteiger partial charge is 0.268 e. The molecule has 0 aliphatic heterocycles. The van der Waals surface area contributed by atoms with Crippen molar-refractivity contribution in [2.24, 2.45) is 0 Å². The lowest BCUT2D eigenvalue weighted by atomic mass is 9.99. The lowest BCUT2D eigenvalue weighted by molar-refractivity contribution is 1.16.